The van der Waals surface area contributed by atoms with Gasteiger partial charge in [-0.25, -0.2) is 9.97 Å². The first-order valence-electron chi connectivity index (χ1n) is 4.96. The highest BCUT2D eigenvalue weighted by molar-refractivity contribution is 7.21. The summed E-state index contributed by atoms with van der Waals surface area (Å²) in [6, 6.07) is 6.04. The van der Waals surface area contributed by atoms with Crippen LogP contribution in [-0.2, 0) is 0 Å². The van der Waals surface area contributed by atoms with Crippen LogP contribution in [-0.4, -0.2) is 15.0 Å². The van der Waals surface area contributed by atoms with E-state index in [1.54, 1.807) is 17.5 Å². The van der Waals surface area contributed by atoms with Crippen LogP contribution < -0.4 is 0 Å². The van der Waals surface area contributed by atoms with E-state index < -0.39 is 0 Å². The fourth-order valence-corrected chi connectivity index (χ4v) is 2.54. The molecule has 3 rings (SSSR count). The van der Waals surface area contributed by atoms with Gasteiger partial charge in [0.2, 0.25) is 0 Å². The molecular weight excluding hydrogens is 218 g/mol. The molecule has 3 aromatic heterocycles. The Balaban J connectivity index is 2.19. The molecule has 0 fully saturated rings. The lowest BCUT2D eigenvalue weighted by molar-refractivity contribution is 1.28. The Hall–Kier alpha value is -1.81. The molecular formula is C12H9N3S. The minimum Gasteiger partial charge on any atom is -0.264 e. The molecule has 3 nitrogen and oxygen atoms in total. The minimum atomic E-state index is 0.814. The third-order valence-electron chi connectivity index (χ3n) is 2.29. The Labute approximate surface area is 96.8 Å². The van der Waals surface area contributed by atoms with E-state index in [-0.39, 0.29) is 0 Å². The third kappa shape index (κ3) is 1.57. The Morgan fingerprint density at radius 2 is 2.19 bits per heavy atom. The molecule has 0 N–H and O–H groups in total. The van der Waals surface area contributed by atoms with Crippen LogP contribution in [0.3, 0.4) is 0 Å². The van der Waals surface area contributed by atoms with Crippen molar-refractivity contribution in [3.8, 4) is 10.6 Å². The third-order valence-corrected chi connectivity index (χ3v) is 3.33. The van der Waals surface area contributed by atoms with Crippen LogP contribution in [0.25, 0.3) is 20.9 Å². The molecule has 0 radical (unpaired) electrons. The normalized spacial score (nSPS) is 10.8. The molecule has 0 saturated carbocycles. The van der Waals surface area contributed by atoms with Gasteiger partial charge in [0.1, 0.15) is 5.01 Å². The fourth-order valence-electron chi connectivity index (χ4n) is 1.53. The molecule has 0 saturated heterocycles. The molecule has 0 amide bonds. The van der Waals surface area contributed by atoms with Gasteiger partial charge in [-0.1, -0.05) is 0 Å². The molecule has 16 heavy (non-hydrogen) atoms. The number of pyridine rings is 2. The van der Waals surface area contributed by atoms with Gasteiger partial charge in [0, 0.05) is 24.2 Å². The first-order chi connectivity index (χ1) is 7.83. The zero-order valence-electron chi connectivity index (χ0n) is 8.71. The standard InChI is InChI=1S/C12H9N3S/c1-8-5-10-11(14-6-8)15-12(16-10)9-3-2-4-13-7-9/h2-7H,1H3. The fraction of sp³-hybridized carbons (Fsp3) is 0.0833. The second kappa shape index (κ2) is 3.64. The van der Waals surface area contributed by atoms with Gasteiger partial charge in [-0.3, -0.25) is 4.98 Å². The second-order valence-corrected chi connectivity index (χ2v) is 4.63. The lowest BCUT2D eigenvalue weighted by Gasteiger charge is -1.91. The molecule has 0 aliphatic heterocycles. The van der Waals surface area contributed by atoms with Gasteiger partial charge in [-0.05, 0) is 30.7 Å². The van der Waals surface area contributed by atoms with Gasteiger partial charge in [0.25, 0.3) is 0 Å². The predicted molar refractivity (Wildman–Crippen MR) is 65.4 cm³/mol. The van der Waals surface area contributed by atoms with Crippen LogP contribution in [0.5, 0.6) is 0 Å². The first kappa shape index (κ1) is 9.42. The van der Waals surface area contributed by atoms with Gasteiger partial charge in [0.15, 0.2) is 5.65 Å². The molecule has 3 aromatic rings. The maximum absolute atomic E-state index is 4.49. The van der Waals surface area contributed by atoms with Crippen LogP contribution >= 0.6 is 11.3 Å². The quantitative estimate of drug-likeness (QED) is 0.641. The number of nitrogens with zero attached hydrogens (tertiary/aromatic N) is 3. The highest BCUT2D eigenvalue weighted by Gasteiger charge is 2.06. The molecule has 78 valence electrons. The summed E-state index contributed by atoms with van der Waals surface area (Å²) in [6.07, 6.45) is 5.43. The SMILES string of the molecule is Cc1cnc2nc(-c3cccnc3)sc2c1. The number of hydrogen-bond acceptors (Lipinski definition) is 4. The van der Waals surface area contributed by atoms with Crippen molar-refractivity contribution >= 4 is 21.7 Å². The predicted octanol–water partition coefficient (Wildman–Crippen LogP) is 3.06. The van der Waals surface area contributed by atoms with E-state index in [1.807, 2.05) is 31.5 Å². The topological polar surface area (TPSA) is 38.7 Å². The Morgan fingerprint density at radius 1 is 1.25 bits per heavy atom. The van der Waals surface area contributed by atoms with Crippen molar-refractivity contribution in [2.24, 2.45) is 0 Å². The van der Waals surface area contributed by atoms with Crippen LogP contribution in [0.2, 0.25) is 0 Å². The molecule has 3 heterocycles. The number of aromatic nitrogens is 3. The summed E-state index contributed by atoms with van der Waals surface area (Å²) >= 11 is 1.65. The number of hydrogen-bond donors (Lipinski definition) is 0. The summed E-state index contributed by atoms with van der Waals surface area (Å²) in [5.74, 6) is 0. The first-order valence-corrected chi connectivity index (χ1v) is 5.78. The molecule has 0 aliphatic carbocycles. The van der Waals surface area contributed by atoms with Gasteiger partial charge in [-0.15, -0.1) is 11.3 Å². The van der Waals surface area contributed by atoms with Crippen molar-refractivity contribution in [2.45, 2.75) is 6.92 Å². The number of rotatable bonds is 1. The lowest BCUT2D eigenvalue weighted by atomic mass is 10.3. The number of fused-ring (bicyclic) bond motifs is 1. The van der Waals surface area contributed by atoms with Gasteiger partial charge in [-0.2, -0.15) is 0 Å². The smallest absolute Gasteiger partial charge is 0.170 e. The number of aryl methyl sites for hydroxylation is 1. The van der Waals surface area contributed by atoms with Crippen LogP contribution in [0.4, 0.5) is 0 Å². The molecule has 0 bridgehead atoms. The van der Waals surface area contributed by atoms with Crippen molar-refractivity contribution in [1.82, 2.24) is 15.0 Å². The summed E-state index contributed by atoms with van der Waals surface area (Å²) in [5.41, 5.74) is 3.02. The highest BCUT2D eigenvalue weighted by Crippen LogP contribution is 2.28. The van der Waals surface area contributed by atoms with Crippen molar-refractivity contribution in [3.63, 3.8) is 0 Å². The summed E-state index contributed by atoms with van der Waals surface area (Å²) in [4.78, 5) is 12.9. The maximum Gasteiger partial charge on any atom is 0.170 e. The maximum atomic E-state index is 4.49. The van der Waals surface area contributed by atoms with E-state index in [0.717, 1.165) is 26.5 Å². The van der Waals surface area contributed by atoms with Crippen molar-refractivity contribution in [2.75, 3.05) is 0 Å². The Kier molecular flexibility index (Phi) is 2.15. The van der Waals surface area contributed by atoms with Crippen molar-refractivity contribution < 1.29 is 0 Å². The molecule has 0 aliphatic rings. The minimum absolute atomic E-state index is 0.814. The van der Waals surface area contributed by atoms with E-state index in [2.05, 4.69) is 21.0 Å². The molecule has 0 spiro atoms. The summed E-state index contributed by atoms with van der Waals surface area (Å²) < 4.78 is 1.12. The van der Waals surface area contributed by atoms with Crippen LogP contribution in [0.15, 0.2) is 36.8 Å². The van der Waals surface area contributed by atoms with E-state index in [9.17, 15) is 0 Å². The average Bonchev–Trinajstić information content (AvgIpc) is 2.73. The Bertz CT molecular complexity index is 631. The second-order valence-electron chi connectivity index (χ2n) is 3.60. The van der Waals surface area contributed by atoms with E-state index in [4.69, 9.17) is 0 Å². The van der Waals surface area contributed by atoms with Crippen LogP contribution in [0.1, 0.15) is 5.56 Å². The Morgan fingerprint density at radius 3 is 3.00 bits per heavy atom. The molecule has 0 aromatic carbocycles. The van der Waals surface area contributed by atoms with Gasteiger partial charge >= 0.3 is 0 Å². The van der Waals surface area contributed by atoms with Crippen LogP contribution in [0, 0.1) is 6.92 Å². The average molecular weight is 227 g/mol. The molecule has 4 heteroatoms. The number of thiazole rings is 1. The summed E-state index contributed by atoms with van der Waals surface area (Å²) in [7, 11) is 0. The van der Waals surface area contributed by atoms with Gasteiger partial charge < -0.3 is 0 Å². The molecule has 0 atom stereocenters. The monoisotopic (exact) mass is 227 g/mol. The summed E-state index contributed by atoms with van der Waals surface area (Å²) in [5, 5.41) is 0.973. The summed E-state index contributed by atoms with van der Waals surface area (Å²) in [6.45, 7) is 2.04. The highest BCUT2D eigenvalue weighted by atomic mass is 32.1. The zero-order valence-corrected chi connectivity index (χ0v) is 9.53. The zero-order chi connectivity index (χ0) is 11.0. The van der Waals surface area contributed by atoms with E-state index in [1.165, 1.54) is 0 Å². The van der Waals surface area contributed by atoms with Crippen molar-refractivity contribution in [3.05, 3.63) is 42.4 Å². The lowest BCUT2D eigenvalue weighted by Crippen LogP contribution is -1.79. The molecule has 0 unspecified atom stereocenters. The van der Waals surface area contributed by atoms with Crippen molar-refractivity contribution in [1.29, 1.82) is 0 Å². The largest absolute Gasteiger partial charge is 0.264 e. The van der Waals surface area contributed by atoms with E-state index in [0.29, 0.717) is 0 Å². The van der Waals surface area contributed by atoms with E-state index >= 15 is 0 Å². The van der Waals surface area contributed by atoms with Gasteiger partial charge in [0.05, 0.1) is 4.70 Å².